The van der Waals surface area contributed by atoms with Gasteiger partial charge in [-0.2, -0.15) is 0 Å². The van der Waals surface area contributed by atoms with E-state index in [0.717, 1.165) is 4.90 Å². The van der Waals surface area contributed by atoms with Crippen LogP contribution in [-0.4, -0.2) is 29.3 Å². The summed E-state index contributed by atoms with van der Waals surface area (Å²) in [6.07, 6.45) is 0.302. The van der Waals surface area contributed by atoms with E-state index in [0.29, 0.717) is 17.0 Å². The van der Waals surface area contributed by atoms with Gasteiger partial charge in [-0.3, -0.25) is 14.5 Å². The fourth-order valence-corrected chi connectivity index (χ4v) is 3.82. The van der Waals surface area contributed by atoms with Gasteiger partial charge in [-0.1, -0.05) is 65.5 Å². The number of urea groups is 1. The Balaban J connectivity index is 1.80. The number of hydrogen-bond donors (Lipinski definition) is 2. The van der Waals surface area contributed by atoms with Crippen LogP contribution in [0.15, 0.2) is 36.4 Å². The quantitative estimate of drug-likeness (QED) is 0.467. The van der Waals surface area contributed by atoms with Crippen molar-refractivity contribution in [2.45, 2.75) is 18.9 Å². The predicted molar refractivity (Wildman–Crippen MR) is 114 cm³/mol. The van der Waals surface area contributed by atoms with E-state index in [1.807, 2.05) is 0 Å². The molecule has 0 radical (unpaired) electrons. The maximum Gasteiger partial charge on any atom is 0.325 e. The van der Waals surface area contributed by atoms with Gasteiger partial charge < -0.3 is 10.6 Å². The molecule has 1 atom stereocenters. The molecule has 0 spiro atoms. The lowest BCUT2D eigenvalue weighted by atomic mass is 9.87. The van der Waals surface area contributed by atoms with Gasteiger partial charge in [0.25, 0.3) is 5.91 Å². The lowest BCUT2D eigenvalue weighted by Crippen LogP contribution is -2.44. The minimum absolute atomic E-state index is 0.175. The van der Waals surface area contributed by atoms with Crippen molar-refractivity contribution in [1.82, 2.24) is 10.2 Å². The number of hydrogen-bond acceptors (Lipinski definition) is 3. The third-order valence-corrected chi connectivity index (χ3v) is 5.92. The first-order valence-electron chi connectivity index (χ1n) is 8.52. The molecule has 1 fully saturated rings. The van der Waals surface area contributed by atoms with Crippen LogP contribution in [-0.2, 0) is 15.1 Å². The maximum absolute atomic E-state index is 13.1. The lowest BCUT2D eigenvalue weighted by molar-refractivity contribution is -0.134. The molecule has 6 nitrogen and oxygen atoms in total. The summed E-state index contributed by atoms with van der Waals surface area (Å²) in [5.41, 5.74) is -0.459. The van der Waals surface area contributed by atoms with Crippen LogP contribution in [0.2, 0.25) is 20.1 Å². The third kappa shape index (κ3) is 4.16. The van der Waals surface area contributed by atoms with Gasteiger partial charge in [0.2, 0.25) is 5.91 Å². The first kappa shape index (κ1) is 21.7. The van der Waals surface area contributed by atoms with Crippen LogP contribution in [0.25, 0.3) is 0 Å². The molecule has 29 heavy (non-hydrogen) atoms. The van der Waals surface area contributed by atoms with E-state index in [-0.39, 0.29) is 20.8 Å². The second kappa shape index (κ2) is 8.40. The Morgan fingerprint density at radius 2 is 1.66 bits per heavy atom. The molecule has 2 aromatic rings. The third-order valence-electron chi connectivity index (χ3n) is 4.63. The molecule has 152 valence electrons. The average Bonchev–Trinajstić information content (AvgIpc) is 2.91. The van der Waals surface area contributed by atoms with Crippen LogP contribution >= 0.6 is 46.4 Å². The Morgan fingerprint density at radius 3 is 2.28 bits per heavy atom. The van der Waals surface area contributed by atoms with Crippen LogP contribution in [0.4, 0.5) is 10.5 Å². The van der Waals surface area contributed by atoms with Crippen molar-refractivity contribution in [3.63, 3.8) is 0 Å². The van der Waals surface area contributed by atoms with Crippen LogP contribution in [0.5, 0.6) is 0 Å². The van der Waals surface area contributed by atoms with Gasteiger partial charge in [-0.15, -0.1) is 0 Å². The molecule has 2 N–H and O–H groups in total. The summed E-state index contributed by atoms with van der Waals surface area (Å²) >= 11 is 23.8. The second-order valence-electron chi connectivity index (χ2n) is 6.38. The number of halogens is 4. The fraction of sp³-hybridized carbons (Fsp3) is 0.211. The Kier molecular flexibility index (Phi) is 6.29. The van der Waals surface area contributed by atoms with Crippen LogP contribution < -0.4 is 10.6 Å². The van der Waals surface area contributed by atoms with Gasteiger partial charge in [0.15, 0.2) is 0 Å². The van der Waals surface area contributed by atoms with Gasteiger partial charge in [0.1, 0.15) is 12.1 Å². The molecule has 3 rings (SSSR count). The van der Waals surface area contributed by atoms with Crippen molar-refractivity contribution in [2.24, 2.45) is 0 Å². The molecule has 10 heteroatoms. The standard InChI is InChI=1S/C19H15Cl4N3O3/c1-2-19(10-3-5-11(20)6-4-10)17(28)26(18(29)25-19)9-16(27)24-15-8-13(22)12(21)7-14(15)23/h3-8H,2,9H2,1H3,(H,24,27)(H,25,29). The largest absolute Gasteiger partial charge is 0.325 e. The van der Waals surface area contributed by atoms with Crippen LogP contribution in [0.1, 0.15) is 18.9 Å². The van der Waals surface area contributed by atoms with E-state index < -0.39 is 29.9 Å². The molecule has 0 saturated carbocycles. The number of carbonyl (C=O) groups is 3. The number of benzene rings is 2. The van der Waals surface area contributed by atoms with Crippen molar-refractivity contribution in [1.29, 1.82) is 0 Å². The van der Waals surface area contributed by atoms with E-state index in [2.05, 4.69) is 10.6 Å². The molecule has 1 aliphatic rings. The molecule has 1 saturated heterocycles. The Hall–Kier alpha value is -1.99. The Labute approximate surface area is 187 Å². The van der Waals surface area contributed by atoms with E-state index >= 15 is 0 Å². The van der Waals surface area contributed by atoms with Crippen molar-refractivity contribution >= 4 is 69.9 Å². The SMILES string of the molecule is CCC1(c2ccc(Cl)cc2)NC(=O)N(CC(=O)Nc2cc(Cl)c(Cl)cc2Cl)C1=O. The van der Waals surface area contributed by atoms with Crippen molar-refractivity contribution in [3.05, 3.63) is 62.1 Å². The van der Waals surface area contributed by atoms with Crippen molar-refractivity contribution in [3.8, 4) is 0 Å². The smallest absolute Gasteiger partial charge is 0.323 e. The lowest BCUT2D eigenvalue weighted by Gasteiger charge is -2.25. The monoisotopic (exact) mass is 473 g/mol. The molecular formula is C19H15Cl4N3O3. The van der Waals surface area contributed by atoms with Gasteiger partial charge >= 0.3 is 6.03 Å². The summed E-state index contributed by atoms with van der Waals surface area (Å²) in [4.78, 5) is 38.9. The molecule has 1 aliphatic heterocycles. The maximum atomic E-state index is 13.1. The summed E-state index contributed by atoms with van der Waals surface area (Å²) in [5, 5.41) is 6.35. The normalized spacial score (nSPS) is 18.7. The molecule has 1 heterocycles. The number of anilines is 1. The Bertz CT molecular complexity index is 997. The summed E-state index contributed by atoms with van der Waals surface area (Å²) < 4.78 is 0. The zero-order chi connectivity index (χ0) is 21.3. The predicted octanol–water partition coefficient (Wildman–Crippen LogP) is 5.10. The average molecular weight is 475 g/mol. The van der Waals surface area contributed by atoms with Crippen LogP contribution in [0.3, 0.4) is 0 Å². The number of nitrogens with one attached hydrogen (secondary N) is 2. The minimum atomic E-state index is -1.26. The van der Waals surface area contributed by atoms with E-state index in [9.17, 15) is 14.4 Å². The van der Waals surface area contributed by atoms with Gasteiger partial charge in [-0.25, -0.2) is 4.79 Å². The molecule has 4 amide bonds. The van der Waals surface area contributed by atoms with Crippen molar-refractivity contribution in [2.75, 3.05) is 11.9 Å². The minimum Gasteiger partial charge on any atom is -0.323 e. The number of carbonyl (C=O) groups excluding carboxylic acids is 3. The van der Waals surface area contributed by atoms with Crippen molar-refractivity contribution < 1.29 is 14.4 Å². The molecule has 0 bridgehead atoms. The highest BCUT2D eigenvalue weighted by Crippen LogP contribution is 2.34. The molecule has 1 unspecified atom stereocenters. The number of imide groups is 1. The fourth-order valence-electron chi connectivity index (χ4n) is 3.10. The highest BCUT2D eigenvalue weighted by Gasteiger charge is 2.51. The summed E-state index contributed by atoms with van der Waals surface area (Å²) in [6, 6.07) is 8.72. The van der Waals surface area contributed by atoms with E-state index in [1.165, 1.54) is 12.1 Å². The van der Waals surface area contributed by atoms with E-state index in [4.69, 9.17) is 46.4 Å². The first-order chi connectivity index (χ1) is 13.7. The molecular weight excluding hydrogens is 460 g/mol. The summed E-state index contributed by atoms with van der Waals surface area (Å²) in [7, 11) is 0. The highest BCUT2D eigenvalue weighted by atomic mass is 35.5. The van der Waals surface area contributed by atoms with Gasteiger partial charge in [0, 0.05) is 5.02 Å². The van der Waals surface area contributed by atoms with Gasteiger partial charge in [-0.05, 0) is 36.2 Å². The molecule has 2 aromatic carbocycles. The van der Waals surface area contributed by atoms with Gasteiger partial charge in [0.05, 0.1) is 20.8 Å². The first-order valence-corrected chi connectivity index (χ1v) is 10.0. The number of nitrogens with zero attached hydrogens (tertiary/aromatic N) is 1. The second-order valence-corrected chi connectivity index (χ2v) is 8.04. The topological polar surface area (TPSA) is 78.5 Å². The number of rotatable bonds is 5. The summed E-state index contributed by atoms with van der Waals surface area (Å²) in [6.45, 7) is 1.28. The highest BCUT2D eigenvalue weighted by molar-refractivity contribution is 6.44. The molecule has 0 aromatic heterocycles. The Morgan fingerprint density at radius 1 is 1.03 bits per heavy atom. The zero-order valence-corrected chi connectivity index (χ0v) is 18.1. The van der Waals surface area contributed by atoms with E-state index in [1.54, 1.807) is 31.2 Å². The van der Waals surface area contributed by atoms with Crippen LogP contribution in [0, 0.1) is 0 Å². The molecule has 0 aliphatic carbocycles. The summed E-state index contributed by atoms with van der Waals surface area (Å²) in [5.74, 6) is -1.14. The number of amides is 4. The zero-order valence-electron chi connectivity index (χ0n) is 15.1.